The number of hydrogen-bond donors (Lipinski definition) is 1. The summed E-state index contributed by atoms with van der Waals surface area (Å²) < 4.78 is 6.76. The monoisotopic (exact) mass is 446 g/mol. The van der Waals surface area contributed by atoms with Crippen LogP contribution in [0, 0.1) is 0 Å². The molecular formula is C22H27BrN2O3. The van der Waals surface area contributed by atoms with Crippen molar-refractivity contribution in [2.75, 3.05) is 13.7 Å². The van der Waals surface area contributed by atoms with Crippen molar-refractivity contribution in [2.45, 2.75) is 39.3 Å². The van der Waals surface area contributed by atoms with Crippen LogP contribution in [-0.2, 0) is 16.1 Å². The molecule has 28 heavy (non-hydrogen) atoms. The van der Waals surface area contributed by atoms with E-state index in [4.69, 9.17) is 4.74 Å². The third-order valence-corrected chi connectivity index (χ3v) is 5.04. The van der Waals surface area contributed by atoms with Crippen molar-refractivity contribution in [1.82, 2.24) is 10.2 Å². The van der Waals surface area contributed by atoms with Crippen LogP contribution in [0.15, 0.2) is 53.0 Å². The van der Waals surface area contributed by atoms with Gasteiger partial charge in [0.05, 0.1) is 0 Å². The van der Waals surface area contributed by atoms with Gasteiger partial charge in [-0.15, -0.1) is 0 Å². The van der Waals surface area contributed by atoms with Crippen LogP contribution >= 0.6 is 15.9 Å². The molecule has 2 aromatic rings. The Balaban J connectivity index is 2.18. The molecule has 0 aliphatic heterocycles. The van der Waals surface area contributed by atoms with E-state index >= 15 is 0 Å². The Bertz CT molecular complexity index is 823. The zero-order valence-electron chi connectivity index (χ0n) is 16.7. The Hall–Kier alpha value is -2.34. The minimum atomic E-state index is -0.611. The molecule has 0 bridgehead atoms. The largest absolute Gasteiger partial charge is 0.483 e. The molecule has 0 saturated heterocycles. The molecule has 1 atom stereocenters. The molecule has 1 unspecified atom stereocenters. The quantitative estimate of drug-likeness (QED) is 0.663. The van der Waals surface area contributed by atoms with Crippen LogP contribution < -0.4 is 10.1 Å². The minimum Gasteiger partial charge on any atom is -0.483 e. The fraction of sp³-hybridized carbons (Fsp3) is 0.364. The first-order valence-corrected chi connectivity index (χ1v) is 10.1. The molecule has 6 heteroatoms. The van der Waals surface area contributed by atoms with Gasteiger partial charge in [0.1, 0.15) is 11.8 Å². The van der Waals surface area contributed by atoms with Crippen LogP contribution in [0.3, 0.4) is 0 Å². The topological polar surface area (TPSA) is 58.6 Å². The number of nitrogens with one attached hydrogen (secondary N) is 1. The molecule has 0 radical (unpaired) electrons. The van der Waals surface area contributed by atoms with E-state index in [1.807, 2.05) is 48.5 Å². The number of halogens is 1. The van der Waals surface area contributed by atoms with Crippen LogP contribution in [0.2, 0.25) is 0 Å². The lowest BCUT2D eigenvalue weighted by atomic mass is 10.0. The highest BCUT2D eigenvalue weighted by atomic mass is 79.9. The van der Waals surface area contributed by atoms with Crippen LogP contribution in [0.5, 0.6) is 5.75 Å². The smallest absolute Gasteiger partial charge is 0.261 e. The maximum absolute atomic E-state index is 13.0. The Labute approximate surface area is 175 Å². The van der Waals surface area contributed by atoms with Gasteiger partial charge in [0.25, 0.3) is 5.91 Å². The first-order valence-electron chi connectivity index (χ1n) is 9.30. The molecular weight excluding hydrogens is 420 g/mol. The summed E-state index contributed by atoms with van der Waals surface area (Å²) in [6, 6.07) is 14.8. The zero-order valence-corrected chi connectivity index (χ0v) is 18.3. The number of amides is 2. The first kappa shape index (κ1) is 22.0. The van der Waals surface area contributed by atoms with Crippen LogP contribution in [-0.4, -0.2) is 36.4 Å². The summed E-state index contributed by atoms with van der Waals surface area (Å²) in [6.07, 6.45) is 0. The second kappa shape index (κ2) is 10.3. The van der Waals surface area contributed by atoms with Crippen molar-refractivity contribution in [3.8, 4) is 5.75 Å². The van der Waals surface area contributed by atoms with Gasteiger partial charge in [0.15, 0.2) is 6.61 Å². The second-order valence-corrected chi connectivity index (χ2v) is 7.84. The van der Waals surface area contributed by atoms with Gasteiger partial charge in [-0.2, -0.15) is 0 Å². The number of hydrogen-bond acceptors (Lipinski definition) is 3. The van der Waals surface area contributed by atoms with Gasteiger partial charge in [-0.3, -0.25) is 9.59 Å². The molecule has 150 valence electrons. The van der Waals surface area contributed by atoms with Crippen molar-refractivity contribution in [3.05, 3.63) is 64.1 Å². The summed E-state index contributed by atoms with van der Waals surface area (Å²) in [6.45, 7) is 6.08. The number of carbonyl (C=O) groups is 2. The van der Waals surface area contributed by atoms with E-state index in [-0.39, 0.29) is 24.3 Å². The number of nitrogens with zero attached hydrogens (tertiary/aromatic N) is 1. The number of rotatable bonds is 8. The molecule has 0 saturated carbocycles. The molecule has 2 rings (SSSR count). The number of benzene rings is 2. The number of ether oxygens (including phenoxy) is 1. The predicted molar refractivity (Wildman–Crippen MR) is 114 cm³/mol. The maximum atomic E-state index is 13.0. The van der Waals surface area contributed by atoms with Gasteiger partial charge in [-0.25, -0.2) is 0 Å². The normalized spacial score (nSPS) is 11.8. The fourth-order valence-corrected chi connectivity index (χ4v) is 3.38. The third-order valence-electron chi connectivity index (χ3n) is 4.55. The molecule has 5 nitrogen and oxygen atoms in total. The maximum Gasteiger partial charge on any atom is 0.261 e. The average Bonchev–Trinajstić information content (AvgIpc) is 2.69. The minimum absolute atomic E-state index is 0.126. The van der Waals surface area contributed by atoms with Gasteiger partial charge in [0, 0.05) is 18.1 Å². The molecule has 1 N–H and O–H groups in total. The third kappa shape index (κ3) is 5.83. The zero-order chi connectivity index (χ0) is 20.7. The number of likely N-dealkylation sites (N-methyl/N-ethyl adjacent to an activating group) is 1. The van der Waals surface area contributed by atoms with Crippen molar-refractivity contribution in [1.29, 1.82) is 0 Å². The average molecular weight is 447 g/mol. The van der Waals surface area contributed by atoms with Crippen molar-refractivity contribution < 1.29 is 14.3 Å². The van der Waals surface area contributed by atoms with Gasteiger partial charge in [0.2, 0.25) is 5.91 Å². The Morgan fingerprint density at radius 1 is 1.11 bits per heavy atom. The molecule has 2 aromatic carbocycles. The Morgan fingerprint density at radius 2 is 1.82 bits per heavy atom. The molecule has 0 aliphatic carbocycles. The summed E-state index contributed by atoms with van der Waals surface area (Å²) >= 11 is 3.44. The highest BCUT2D eigenvalue weighted by Gasteiger charge is 2.26. The highest BCUT2D eigenvalue weighted by Crippen LogP contribution is 2.26. The number of para-hydroxylation sites is 1. The fourth-order valence-electron chi connectivity index (χ4n) is 2.93. The van der Waals surface area contributed by atoms with E-state index < -0.39 is 6.04 Å². The lowest BCUT2D eigenvalue weighted by molar-refractivity contribution is -0.142. The Kier molecular flexibility index (Phi) is 8.05. The summed E-state index contributed by atoms with van der Waals surface area (Å²) in [5.41, 5.74) is 1.98. The lowest BCUT2D eigenvalue weighted by Gasteiger charge is -2.28. The molecule has 2 amide bonds. The van der Waals surface area contributed by atoms with E-state index in [2.05, 4.69) is 35.1 Å². The second-order valence-electron chi connectivity index (χ2n) is 6.92. The van der Waals surface area contributed by atoms with Gasteiger partial charge in [-0.1, -0.05) is 60.1 Å². The summed E-state index contributed by atoms with van der Waals surface area (Å²) in [4.78, 5) is 26.7. The van der Waals surface area contributed by atoms with Crippen molar-refractivity contribution >= 4 is 27.7 Å². The summed E-state index contributed by atoms with van der Waals surface area (Å²) in [5, 5.41) is 2.61. The highest BCUT2D eigenvalue weighted by molar-refractivity contribution is 9.10. The van der Waals surface area contributed by atoms with Crippen LogP contribution in [0.4, 0.5) is 0 Å². The van der Waals surface area contributed by atoms with Crippen molar-refractivity contribution in [2.24, 2.45) is 0 Å². The molecule has 0 fully saturated rings. The molecule has 0 aliphatic rings. The molecule has 0 aromatic heterocycles. The van der Waals surface area contributed by atoms with Gasteiger partial charge in [-0.05, 0) is 42.2 Å². The van der Waals surface area contributed by atoms with Gasteiger partial charge >= 0.3 is 0 Å². The number of carbonyl (C=O) groups excluding carboxylic acids is 2. The van der Waals surface area contributed by atoms with Crippen LogP contribution in [0.25, 0.3) is 0 Å². The summed E-state index contributed by atoms with van der Waals surface area (Å²) in [7, 11) is 1.57. The standard InChI is InChI=1S/C22H27BrN2O3/c1-15(2)19-10-5-6-11-20(19)28-14-21(26)25(16(3)22(27)24-4)13-17-8-7-9-18(23)12-17/h5-12,15-16H,13-14H2,1-4H3,(H,24,27). The molecule has 0 heterocycles. The predicted octanol–water partition coefficient (Wildman–Crippen LogP) is 4.11. The van der Waals surface area contributed by atoms with E-state index in [0.29, 0.717) is 12.3 Å². The SMILES string of the molecule is CNC(=O)C(C)N(Cc1cccc(Br)c1)C(=O)COc1ccccc1C(C)C. The van der Waals surface area contributed by atoms with E-state index in [9.17, 15) is 9.59 Å². The van der Waals surface area contributed by atoms with Crippen LogP contribution in [0.1, 0.15) is 37.8 Å². The Morgan fingerprint density at radius 3 is 2.46 bits per heavy atom. The van der Waals surface area contributed by atoms with Gasteiger partial charge < -0.3 is 15.0 Å². The summed E-state index contributed by atoms with van der Waals surface area (Å²) in [5.74, 6) is 0.523. The van der Waals surface area contributed by atoms with E-state index in [0.717, 1.165) is 15.6 Å². The van der Waals surface area contributed by atoms with E-state index in [1.54, 1.807) is 18.9 Å². The van der Waals surface area contributed by atoms with E-state index in [1.165, 1.54) is 0 Å². The molecule has 0 spiro atoms. The first-order chi connectivity index (χ1) is 13.3. The van der Waals surface area contributed by atoms with Crippen molar-refractivity contribution in [3.63, 3.8) is 0 Å². The lowest BCUT2D eigenvalue weighted by Crippen LogP contribution is -2.48.